The molecule has 0 saturated heterocycles. The van der Waals surface area contributed by atoms with Crippen LogP contribution in [0.2, 0.25) is 0 Å². The first-order valence-electron chi connectivity index (χ1n) is 7.06. The predicted molar refractivity (Wildman–Crippen MR) is 85.5 cm³/mol. The van der Waals surface area contributed by atoms with Crippen LogP contribution in [0.5, 0.6) is 0 Å². The van der Waals surface area contributed by atoms with Crippen molar-refractivity contribution in [3.8, 4) is 0 Å². The van der Waals surface area contributed by atoms with Gasteiger partial charge in [-0.2, -0.15) is 0 Å². The van der Waals surface area contributed by atoms with Gasteiger partial charge in [0.2, 0.25) is 0 Å². The summed E-state index contributed by atoms with van der Waals surface area (Å²) in [5, 5.41) is 0. The van der Waals surface area contributed by atoms with E-state index in [1.54, 1.807) is 24.5 Å². The Kier molecular flexibility index (Phi) is 4.10. The maximum atomic E-state index is 14.0. The van der Waals surface area contributed by atoms with Crippen LogP contribution in [-0.4, -0.2) is 9.97 Å². The van der Waals surface area contributed by atoms with Crippen molar-refractivity contribution in [3.63, 3.8) is 0 Å². The van der Waals surface area contributed by atoms with Gasteiger partial charge >= 0.3 is 0 Å². The molecule has 0 spiro atoms. The lowest BCUT2D eigenvalue weighted by Crippen LogP contribution is -2.17. The number of hydrogen-bond acceptors (Lipinski definition) is 3. The molecule has 0 aliphatic heterocycles. The molecule has 110 valence electrons. The molecule has 1 aromatic heterocycles. The first-order valence-corrected chi connectivity index (χ1v) is 7.06. The molecule has 0 saturated carbocycles. The van der Waals surface area contributed by atoms with E-state index in [-0.39, 0.29) is 5.82 Å². The number of nitrogens with zero attached hydrogens (tertiary/aromatic N) is 3. The van der Waals surface area contributed by atoms with Crippen LogP contribution >= 0.6 is 0 Å². The van der Waals surface area contributed by atoms with Crippen molar-refractivity contribution in [2.24, 2.45) is 0 Å². The van der Waals surface area contributed by atoms with E-state index in [4.69, 9.17) is 0 Å². The fourth-order valence-corrected chi connectivity index (χ4v) is 2.28. The van der Waals surface area contributed by atoms with Gasteiger partial charge < -0.3 is 4.90 Å². The third-order valence-electron chi connectivity index (χ3n) is 3.49. The van der Waals surface area contributed by atoms with Crippen LogP contribution in [0.4, 0.5) is 15.8 Å². The standard InChI is InChI=1S/C18H16FN3/c1-14-6-8-16(9-7-14)22(17-10-20-13-21-11-17)12-15-4-2-3-5-18(15)19/h2-11,13H,12H2,1H3. The third-order valence-corrected chi connectivity index (χ3v) is 3.49. The zero-order valence-corrected chi connectivity index (χ0v) is 12.3. The van der Waals surface area contributed by atoms with Crippen molar-refractivity contribution in [2.75, 3.05) is 4.90 Å². The number of benzene rings is 2. The minimum Gasteiger partial charge on any atom is -0.334 e. The molecule has 2 aromatic carbocycles. The number of aromatic nitrogens is 2. The Bertz CT molecular complexity index is 742. The van der Waals surface area contributed by atoms with Crippen LogP contribution in [0, 0.1) is 12.7 Å². The summed E-state index contributed by atoms with van der Waals surface area (Å²) >= 11 is 0. The Morgan fingerprint density at radius 1 is 0.909 bits per heavy atom. The summed E-state index contributed by atoms with van der Waals surface area (Å²) in [4.78, 5) is 10.1. The highest BCUT2D eigenvalue weighted by atomic mass is 19.1. The molecule has 0 radical (unpaired) electrons. The molecular weight excluding hydrogens is 277 g/mol. The van der Waals surface area contributed by atoms with Crippen molar-refractivity contribution in [1.29, 1.82) is 0 Å². The van der Waals surface area contributed by atoms with E-state index in [0.29, 0.717) is 12.1 Å². The summed E-state index contributed by atoms with van der Waals surface area (Å²) in [6.07, 6.45) is 4.95. The first-order chi connectivity index (χ1) is 10.7. The zero-order chi connectivity index (χ0) is 15.4. The van der Waals surface area contributed by atoms with Crippen LogP contribution < -0.4 is 4.90 Å². The second kappa shape index (κ2) is 6.35. The first kappa shape index (κ1) is 14.2. The van der Waals surface area contributed by atoms with Gasteiger partial charge in [-0.15, -0.1) is 0 Å². The van der Waals surface area contributed by atoms with E-state index in [0.717, 1.165) is 11.4 Å². The van der Waals surface area contributed by atoms with Crippen molar-refractivity contribution in [1.82, 2.24) is 9.97 Å². The number of hydrogen-bond donors (Lipinski definition) is 0. The monoisotopic (exact) mass is 293 g/mol. The van der Waals surface area contributed by atoms with Crippen LogP contribution in [0.3, 0.4) is 0 Å². The quantitative estimate of drug-likeness (QED) is 0.719. The fourth-order valence-electron chi connectivity index (χ4n) is 2.28. The number of aryl methyl sites for hydroxylation is 1. The summed E-state index contributed by atoms with van der Waals surface area (Å²) in [5.41, 5.74) is 3.61. The van der Waals surface area contributed by atoms with Gasteiger partial charge in [-0.05, 0) is 25.1 Å². The molecule has 0 amide bonds. The van der Waals surface area contributed by atoms with Crippen molar-refractivity contribution < 1.29 is 4.39 Å². The Balaban J connectivity index is 2.00. The molecule has 0 N–H and O–H groups in total. The molecule has 22 heavy (non-hydrogen) atoms. The molecule has 0 atom stereocenters. The van der Waals surface area contributed by atoms with Gasteiger partial charge in [0.15, 0.2) is 0 Å². The van der Waals surface area contributed by atoms with Crippen LogP contribution in [0.15, 0.2) is 67.3 Å². The molecule has 3 aromatic rings. The van der Waals surface area contributed by atoms with Crippen LogP contribution in [-0.2, 0) is 6.54 Å². The molecule has 0 bridgehead atoms. The highest BCUT2D eigenvalue weighted by molar-refractivity contribution is 5.62. The topological polar surface area (TPSA) is 29.0 Å². The van der Waals surface area contributed by atoms with Crippen molar-refractivity contribution in [3.05, 3.63) is 84.2 Å². The van der Waals surface area contributed by atoms with Crippen LogP contribution in [0.25, 0.3) is 0 Å². The SMILES string of the molecule is Cc1ccc(N(Cc2ccccc2F)c2cncnc2)cc1. The van der Waals surface area contributed by atoms with E-state index in [9.17, 15) is 4.39 Å². The van der Waals surface area contributed by atoms with Gasteiger partial charge in [0, 0.05) is 11.3 Å². The minimum atomic E-state index is -0.212. The molecule has 0 aliphatic carbocycles. The summed E-state index contributed by atoms with van der Waals surface area (Å²) in [7, 11) is 0. The summed E-state index contributed by atoms with van der Waals surface area (Å²) in [6.45, 7) is 2.46. The largest absolute Gasteiger partial charge is 0.334 e. The zero-order valence-electron chi connectivity index (χ0n) is 12.3. The highest BCUT2D eigenvalue weighted by Crippen LogP contribution is 2.27. The molecule has 1 heterocycles. The molecular formula is C18H16FN3. The fraction of sp³-hybridized carbons (Fsp3) is 0.111. The van der Waals surface area contributed by atoms with E-state index < -0.39 is 0 Å². The summed E-state index contributed by atoms with van der Waals surface area (Å²) in [5.74, 6) is -0.212. The maximum absolute atomic E-state index is 14.0. The van der Waals surface area contributed by atoms with Gasteiger partial charge in [0.1, 0.15) is 12.1 Å². The van der Waals surface area contributed by atoms with E-state index in [1.165, 1.54) is 18.0 Å². The molecule has 3 rings (SSSR count). The molecule has 4 heteroatoms. The van der Waals surface area contributed by atoms with E-state index in [2.05, 4.69) is 9.97 Å². The Labute approximate surface area is 129 Å². The van der Waals surface area contributed by atoms with E-state index in [1.807, 2.05) is 42.2 Å². The highest BCUT2D eigenvalue weighted by Gasteiger charge is 2.13. The Hall–Kier alpha value is -2.75. The Morgan fingerprint density at radius 3 is 2.27 bits per heavy atom. The van der Waals surface area contributed by atoms with E-state index >= 15 is 0 Å². The average Bonchev–Trinajstić information content (AvgIpc) is 2.56. The lowest BCUT2D eigenvalue weighted by atomic mass is 10.1. The van der Waals surface area contributed by atoms with Gasteiger partial charge in [-0.3, -0.25) is 0 Å². The molecule has 0 fully saturated rings. The second-order valence-electron chi connectivity index (χ2n) is 5.11. The van der Waals surface area contributed by atoms with Gasteiger partial charge in [0.05, 0.1) is 24.6 Å². The molecule has 3 nitrogen and oxygen atoms in total. The number of anilines is 2. The van der Waals surface area contributed by atoms with Gasteiger partial charge in [-0.25, -0.2) is 14.4 Å². The third kappa shape index (κ3) is 3.11. The minimum absolute atomic E-state index is 0.212. The van der Waals surface area contributed by atoms with Crippen molar-refractivity contribution >= 4 is 11.4 Å². The Morgan fingerprint density at radius 2 is 1.59 bits per heavy atom. The predicted octanol–water partition coefficient (Wildman–Crippen LogP) is 4.26. The smallest absolute Gasteiger partial charge is 0.128 e. The number of rotatable bonds is 4. The summed E-state index contributed by atoms with van der Waals surface area (Å²) < 4.78 is 14.0. The van der Waals surface area contributed by atoms with Gasteiger partial charge in [0.25, 0.3) is 0 Å². The maximum Gasteiger partial charge on any atom is 0.128 e. The lowest BCUT2D eigenvalue weighted by molar-refractivity contribution is 0.609. The molecule has 0 aliphatic rings. The normalized spacial score (nSPS) is 10.5. The average molecular weight is 293 g/mol. The van der Waals surface area contributed by atoms with Crippen molar-refractivity contribution in [2.45, 2.75) is 13.5 Å². The number of halogens is 1. The van der Waals surface area contributed by atoms with Gasteiger partial charge in [-0.1, -0.05) is 35.9 Å². The summed E-state index contributed by atoms with van der Waals surface area (Å²) in [6, 6.07) is 14.9. The molecule has 0 unspecified atom stereocenters. The lowest BCUT2D eigenvalue weighted by Gasteiger charge is -2.24. The van der Waals surface area contributed by atoms with Crippen LogP contribution in [0.1, 0.15) is 11.1 Å². The second-order valence-corrected chi connectivity index (χ2v) is 5.11.